The van der Waals surface area contributed by atoms with E-state index in [9.17, 15) is 23.1 Å². The Morgan fingerprint density at radius 1 is 1.07 bits per heavy atom. The number of halogens is 3. The minimum Gasteiger partial charge on any atom is -0.406 e. The second kappa shape index (κ2) is 8.22. The highest BCUT2D eigenvalue weighted by Crippen LogP contribution is 2.37. The molecule has 0 unspecified atom stereocenters. The fourth-order valence-corrected chi connectivity index (χ4v) is 3.55. The first-order valence-corrected chi connectivity index (χ1v) is 9.15. The van der Waals surface area contributed by atoms with Crippen LogP contribution in [0.2, 0.25) is 0 Å². The third kappa shape index (κ3) is 5.48. The number of carbonyl (C=O) groups excluding carboxylic acids is 1. The van der Waals surface area contributed by atoms with E-state index in [1.165, 1.54) is 24.3 Å². The second-order valence-electron chi connectivity index (χ2n) is 7.11. The molecule has 0 aromatic heterocycles. The molecule has 0 aliphatic heterocycles. The zero-order chi connectivity index (χ0) is 20.2. The van der Waals surface area contributed by atoms with Gasteiger partial charge in [0.1, 0.15) is 5.75 Å². The molecule has 2 aromatic carbocycles. The van der Waals surface area contributed by atoms with E-state index in [1.807, 2.05) is 30.3 Å². The Hall–Kier alpha value is -2.54. The Labute approximate surface area is 161 Å². The van der Waals surface area contributed by atoms with E-state index in [1.54, 1.807) is 0 Å². The maximum Gasteiger partial charge on any atom is 0.573 e. The van der Waals surface area contributed by atoms with Crippen molar-refractivity contribution in [2.75, 3.05) is 0 Å². The third-order valence-corrected chi connectivity index (χ3v) is 5.01. The van der Waals surface area contributed by atoms with E-state index in [4.69, 9.17) is 0 Å². The molecule has 150 valence electrons. The van der Waals surface area contributed by atoms with Gasteiger partial charge in [-0.1, -0.05) is 42.5 Å². The summed E-state index contributed by atoms with van der Waals surface area (Å²) < 4.78 is 40.3. The summed E-state index contributed by atoms with van der Waals surface area (Å²) in [5.74, 6) is -0.510. The zero-order valence-electron chi connectivity index (χ0n) is 15.2. The van der Waals surface area contributed by atoms with Crippen molar-refractivity contribution in [2.24, 2.45) is 0 Å². The average Bonchev–Trinajstić information content (AvgIpc) is 2.65. The number of aliphatic hydroxyl groups is 1. The van der Waals surface area contributed by atoms with Crippen LogP contribution in [0.3, 0.4) is 0 Å². The van der Waals surface area contributed by atoms with Gasteiger partial charge in [-0.05, 0) is 48.9 Å². The zero-order valence-corrected chi connectivity index (χ0v) is 15.2. The van der Waals surface area contributed by atoms with E-state index in [-0.39, 0.29) is 24.1 Å². The Kier molecular flexibility index (Phi) is 5.93. The number of amides is 1. The van der Waals surface area contributed by atoms with Crippen molar-refractivity contribution in [1.29, 1.82) is 0 Å². The first kappa shape index (κ1) is 20.2. The minimum atomic E-state index is -4.73. The number of ether oxygens (including phenoxy) is 1. The standard InChI is InChI=1S/C21H22F3NO3/c22-21(23,24)28-18-8-6-15(7-9-18)14-19(26)25-17-10-12-20(27,13-11-17)16-4-2-1-3-5-16/h1-9,17,27H,10-14H2,(H,25,26). The van der Waals surface area contributed by atoms with E-state index < -0.39 is 12.0 Å². The number of rotatable bonds is 5. The molecule has 0 bridgehead atoms. The van der Waals surface area contributed by atoms with Crippen LogP contribution in [-0.2, 0) is 16.8 Å². The van der Waals surface area contributed by atoms with E-state index in [0.717, 1.165) is 5.56 Å². The van der Waals surface area contributed by atoms with Crippen LogP contribution in [0.1, 0.15) is 36.8 Å². The summed E-state index contributed by atoms with van der Waals surface area (Å²) in [5, 5.41) is 13.8. The van der Waals surface area contributed by atoms with Crippen LogP contribution in [0, 0.1) is 0 Å². The van der Waals surface area contributed by atoms with E-state index >= 15 is 0 Å². The summed E-state index contributed by atoms with van der Waals surface area (Å²) in [7, 11) is 0. The molecule has 1 fully saturated rings. The predicted molar refractivity (Wildman–Crippen MR) is 97.6 cm³/mol. The van der Waals surface area contributed by atoms with Crippen molar-refractivity contribution in [1.82, 2.24) is 5.32 Å². The van der Waals surface area contributed by atoms with Gasteiger partial charge in [0.15, 0.2) is 0 Å². The van der Waals surface area contributed by atoms with Gasteiger partial charge in [-0.3, -0.25) is 4.79 Å². The molecule has 1 aliphatic carbocycles. The van der Waals surface area contributed by atoms with Crippen LogP contribution in [0.15, 0.2) is 54.6 Å². The molecule has 1 saturated carbocycles. The molecular weight excluding hydrogens is 371 g/mol. The molecule has 7 heteroatoms. The number of nitrogens with one attached hydrogen (secondary N) is 1. The highest BCUT2D eigenvalue weighted by Gasteiger charge is 2.35. The number of alkyl halides is 3. The third-order valence-electron chi connectivity index (χ3n) is 5.01. The Bertz CT molecular complexity index is 783. The van der Waals surface area contributed by atoms with Crippen molar-refractivity contribution >= 4 is 5.91 Å². The van der Waals surface area contributed by atoms with Gasteiger partial charge in [-0.2, -0.15) is 0 Å². The van der Waals surface area contributed by atoms with Crippen LogP contribution in [-0.4, -0.2) is 23.4 Å². The number of hydrogen-bond donors (Lipinski definition) is 2. The van der Waals surface area contributed by atoms with Crippen LogP contribution in [0.25, 0.3) is 0 Å². The summed E-state index contributed by atoms with van der Waals surface area (Å²) >= 11 is 0. The molecule has 4 nitrogen and oxygen atoms in total. The lowest BCUT2D eigenvalue weighted by atomic mass is 9.78. The fourth-order valence-electron chi connectivity index (χ4n) is 3.55. The summed E-state index contributed by atoms with van der Waals surface area (Å²) in [6, 6.07) is 14.7. The van der Waals surface area contributed by atoms with Gasteiger partial charge in [0.25, 0.3) is 0 Å². The molecule has 3 rings (SSSR count). The molecule has 0 atom stereocenters. The molecule has 28 heavy (non-hydrogen) atoms. The van der Waals surface area contributed by atoms with Crippen molar-refractivity contribution in [3.63, 3.8) is 0 Å². The SMILES string of the molecule is O=C(Cc1ccc(OC(F)(F)F)cc1)NC1CCC(O)(c2ccccc2)CC1. The molecule has 0 spiro atoms. The highest BCUT2D eigenvalue weighted by atomic mass is 19.4. The van der Waals surface area contributed by atoms with Crippen molar-refractivity contribution in [2.45, 2.75) is 50.1 Å². The molecule has 1 amide bonds. The summed E-state index contributed by atoms with van der Waals surface area (Å²) in [5.41, 5.74) is 0.626. The number of benzene rings is 2. The Morgan fingerprint density at radius 2 is 1.68 bits per heavy atom. The average molecular weight is 393 g/mol. The Balaban J connectivity index is 1.48. The monoisotopic (exact) mass is 393 g/mol. The van der Waals surface area contributed by atoms with Crippen LogP contribution in [0.5, 0.6) is 5.75 Å². The normalized spacial score (nSPS) is 22.5. The second-order valence-corrected chi connectivity index (χ2v) is 7.11. The molecular formula is C21H22F3NO3. The Morgan fingerprint density at radius 3 is 2.25 bits per heavy atom. The van der Waals surface area contributed by atoms with Gasteiger partial charge in [0.05, 0.1) is 12.0 Å². The largest absolute Gasteiger partial charge is 0.573 e. The maximum atomic E-state index is 12.2. The van der Waals surface area contributed by atoms with Gasteiger partial charge in [-0.15, -0.1) is 13.2 Å². The van der Waals surface area contributed by atoms with Gasteiger partial charge in [0.2, 0.25) is 5.91 Å². The first-order valence-electron chi connectivity index (χ1n) is 9.15. The predicted octanol–water partition coefficient (Wildman–Crippen LogP) is 4.07. The van der Waals surface area contributed by atoms with Crippen molar-refractivity contribution in [3.8, 4) is 5.75 Å². The molecule has 2 N–H and O–H groups in total. The van der Waals surface area contributed by atoms with Gasteiger partial charge in [-0.25, -0.2) is 0 Å². The molecule has 0 radical (unpaired) electrons. The molecule has 1 aliphatic rings. The lowest BCUT2D eigenvalue weighted by Crippen LogP contribution is -2.42. The van der Waals surface area contributed by atoms with Crippen LogP contribution >= 0.6 is 0 Å². The molecule has 2 aromatic rings. The lowest BCUT2D eigenvalue weighted by molar-refractivity contribution is -0.274. The van der Waals surface area contributed by atoms with Gasteiger partial charge in [0, 0.05) is 6.04 Å². The van der Waals surface area contributed by atoms with Crippen molar-refractivity contribution in [3.05, 3.63) is 65.7 Å². The quantitative estimate of drug-likeness (QED) is 0.805. The topological polar surface area (TPSA) is 58.6 Å². The van der Waals surface area contributed by atoms with Gasteiger partial charge >= 0.3 is 6.36 Å². The van der Waals surface area contributed by atoms with Crippen LogP contribution < -0.4 is 10.1 Å². The number of hydrogen-bond acceptors (Lipinski definition) is 3. The smallest absolute Gasteiger partial charge is 0.406 e. The lowest BCUT2D eigenvalue weighted by Gasteiger charge is -2.36. The highest BCUT2D eigenvalue weighted by molar-refractivity contribution is 5.78. The van der Waals surface area contributed by atoms with Gasteiger partial charge < -0.3 is 15.2 Å². The fraction of sp³-hybridized carbons (Fsp3) is 0.381. The summed E-state index contributed by atoms with van der Waals surface area (Å²) in [6.07, 6.45) is -2.21. The van der Waals surface area contributed by atoms with Crippen LogP contribution in [0.4, 0.5) is 13.2 Å². The number of carbonyl (C=O) groups is 1. The summed E-state index contributed by atoms with van der Waals surface area (Å²) in [4.78, 5) is 12.2. The molecule has 0 saturated heterocycles. The summed E-state index contributed by atoms with van der Waals surface area (Å²) in [6.45, 7) is 0. The van der Waals surface area contributed by atoms with Crippen molar-refractivity contribution < 1.29 is 27.8 Å². The molecule has 0 heterocycles. The van der Waals surface area contributed by atoms with E-state index in [2.05, 4.69) is 10.1 Å². The van der Waals surface area contributed by atoms with E-state index in [0.29, 0.717) is 31.2 Å². The first-order chi connectivity index (χ1) is 13.2. The maximum absolute atomic E-state index is 12.2. The minimum absolute atomic E-state index is 0.0238.